The lowest BCUT2D eigenvalue weighted by atomic mass is 10.0. The number of benzene rings is 9. The number of aromatic nitrogens is 4. The van der Waals surface area contributed by atoms with Gasteiger partial charge in [-0.1, -0.05) is 146 Å². The molecule has 9 aromatic carbocycles. The molecule has 0 bridgehead atoms. The maximum Gasteiger partial charge on any atom is 0.235 e. The Morgan fingerprint density at radius 1 is 0.390 bits per heavy atom. The largest absolute Gasteiger partial charge is 0.455 e. The summed E-state index contributed by atoms with van der Waals surface area (Å²) in [4.78, 5) is 10.7. The molecule has 0 saturated heterocycles. The van der Waals surface area contributed by atoms with Crippen molar-refractivity contribution >= 4 is 87.2 Å². The number of furan rings is 1. The highest BCUT2D eigenvalue weighted by molar-refractivity contribution is 6.25. The Kier molecular flexibility index (Phi) is 6.66. The average Bonchev–Trinajstić information content (AvgIpc) is 3.95. The molecular formula is C54H32N4O. The quantitative estimate of drug-likeness (QED) is 0.180. The van der Waals surface area contributed by atoms with Gasteiger partial charge < -0.3 is 8.98 Å². The Balaban J connectivity index is 1.19. The molecule has 0 aliphatic heterocycles. The zero-order valence-corrected chi connectivity index (χ0v) is 31.7. The first kappa shape index (κ1) is 32.1. The van der Waals surface area contributed by atoms with E-state index in [9.17, 15) is 0 Å². The van der Waals surface area contributed by atoms with E-state index in [0.29, 0.717) is 5.95 Å². The summed E-state index contributed by atoms with van der Waals surface area (Å²) in [6.45, 7) is 0. The zero-order valence-electron chi connectivity index (χ0n) is 31.7. The van der Waals surface area contributed by atoms with E-state index >= 15 is 0 Å². The third kappa shape index (κ3) is 4.67. The molecule has 0 unspecified atom stereocenters. The van der Waals surface area contributed by atoms with Crippen LogP contribution in [0.4, 0.5) is 0 Å². The van der Waals surface area contributed by atoms with E-state index in [-0.39, 0.29) is 0 Å². The lowest BCUT2D eigenvalue weighted by Gasteiger charge is -2.13. The van der Waals surface area contributed by atoms with Crippen LogP contribution >= 0.6 is 0 Å². The van der Waals surface area contributed by atoms with Crippen molar-refractivity contribution in [2.24, 2.45) is 0 Å². The molecule has 0 radical (unpaired) electrons. The summed E-state index contributed by atoms with van der Waals surface area (Å²) in [5, 5.41) is 10.4. The Morgan fingerprint density at radius 2 is 1.07 bits per heavy atom. The van der Waals surface area contributed by atoms with Crippen molar-refractivity contribution in [2.45, 2.75) is 0 Å². The molecule has 4 aromatic heterocycles. The molecule has 59 heavy (non-hydrogen) atoms. The van der Waals surface area contributed by atoms with Gasteiger partial charge in [0.25, 0.3) is 0 Å². The molecule has 5 nitrogen and oxygen atoms in total. The standard InChI is InChI=1S/C54H32N4O/c1-3-15-33(16-4-1)41-29-36(30-43-39-22-11-14-26-50(39)59-53(41)43)57-47-28-27-34-17-7-8-20-37(34)51(47)44-31-42-38-21-10-13-25-46(38)58(48(42)32-49(44)57)54-55-45-24-12-9-23-40(45)52(56-54)35-18-5-2-6-19-35/h1-32H. The van der Waals surface area contributed by atoms with E-state index in [2.05, 4.69) is 191 Å². The third-order valence-corrected chi connectivity index (χ3v) is 12.1. The van der Waals surface area contributed by atoms with Crippen molar-refractivity contribution in [3.05, 3.63) is 194 Å². The number of para-hydroxylation sites is 3. The van der Waals surface area contributed by atoms with Crippen LogP contribution < -0.4 is 0 Å². The summed E-state index contributed by atoms with van der Waals surface area (Å²) >= 11 is 0. The Hall–Kier alpha value is -8.02. The van der Waals surface area contributed by atoms with Crippen LogP contribution in [0.2, 0.25) is 0 Å². The minimum absolute atomic E-state index is 0.638. The third-order valence-electron chi connectivity index (χ3n) is 12.1. The summed E-state index contributed by atoms with van der Waals surface area (Å²) in [6.07, 6.45) is 0. The van der Waals surface area contributed by atoms with Gasteiger partial charge >= 0.3 is 0 Å². The average molecular weight is 753 g/mol. The van der Waals surface area contributed by atoms with E-state index in [1.165, 1.54) is 21.5 Å². The fraction of sp³-hybridized carbons (Fsp3) is 0. The van der Waals surface area contributed by atoms with Gasteiger partial charge in [-0.3, -0.25) is 4.57 Å². The Labute approximate surface area is 337 Å². The Morgan fingerprint density at radius 3 is 1.92 bits per heavy atom. The number of nitrogens with zero attached hydrogens (tertiary/aromatic N) is 4. The van der Waals surface area contributed by atoms with Gasteiger partial charge in [0.1, 0.15) is 11.2 Å². The number of fused-ring (bicyclic) bond motifs is 12. The van der Waals surface area contributed by atoms with Crippen LogP contribution in [0.3, 0.4) is 0 Å². The normalized spacial score (nSPS) is 12.1. The van der Waals surface area contributed by atoms with Gasteiger partial charge in [0.05, 0.1) is 33.3 Å². The summed E-state index contributed by atoms with van der Waals surface area (Å²) in [7, 11) is 0. The van der Waals surface area contributed by atoms with Crippen molar-refractivity contribution in [3.63, 3.8) is 0 Å². The van der Waals surface area contributed by atoms with Gasteiger partial charge in [-0.15, -0.1) is 0 Å². The first-order valence-electron chi connectivity index (χ1n) is 20.0. The smallest absolute Gasteiger partial charge is 0.235 e. The Bertz CT molecular complexity index is 3840. The minimum atomic E-state index is 0.638. The first-order valence-corrected chi connectivity index (χ1v) is 20.0. The molecule has 0 spiro atoms. The van der Waals surface area contributed by atoms with Gasteiger partial charge in [-0.2, -0.15) is 0 Å². The molecule has 0 saturated carbocycles. The fourth-order valence-corrected chi connectivity index (χ4v) is 9.50. The first-order chi connectivity index (χ1) is 29.3. The summed E-state index contributed by atoms with van der Waals surface area (Å²) in [5.74, 6) is 0.638. The molecule has 0 amide bonds. The second kappa shape index (κ2) is 12.2. The molecule has 0 aliphatic carbocycles. The summed E-state index contributed by atoms with van der Waals surface area (Å²) in [6, 6.07) is 69.0. The molecule has 0 atom stereocenters. The van der Waals surface area contributed by atoms with Crippen molar-refractivity contribution < 1.29 is 4.42 Å². The summed E-state index contributed by atoms with van der Waals surface area (Å²) < 4.78 is 11.3. The van der Waals surface area contributed by atoms with Crippen molar-refractivity contribution in [2.75, 3.05) is 0 Å². The highest BCUT2D eigenvalue weighted by Gasteiger charge is 2.23. The molecule has 0 N–H and O–H groups in total. The van der Waals surface area contributed by atoms with E-state index < -0.39 is 0 Å². The van der Waals surface area contributed by atoms with Crippen LogP contribution in [0.25, 0.3) is 121 Å². The molecule has 0 aliphatic rings. The van der Waals surface area contributed by atoms with Gasteiger partial charge in [0.15, 0.2) is 0 Å². The summed E-state index contributed by atoms with van der Waals surface area (Å²) in [5.41, 5.74) is 12.2. The number of rotatable bonds is 4. The highest BCUT2D eigenvalue weighted by atomic mass is 16.3. The predicted octanol–water partition coefficient (Wildman–Crippen LogP) is 14.2. The second-order valence-corrected chi connectivity index (χ2v) is 15.3. The lowest BCUT2D eigenvalue weighted by molar-refractivity contribution is 0.670. The molecule has 0 fully saturated rings. The van der Waals surface area contributed by atoms with Crippen LogP contribution in [0.1, 0.15) is 0 Å². The fourth-order valence-electron chi connectivity index (χ4n) is 9.50. The van der Waals surface area contributed by atoms with Crippen LogP contribution in [-0.2, 0) is 0 Å². The van der Waals surface area contributed by atoms with Crippen LogP contribution in [0.5, 0.6) is 0 Å². The van der Waals surface area contributed by atoms with E-state index in [0.717, 1.165) is 93.8 Å². The molecular weight excluding hydrogens is 721 g/mol. The zero-order chi connectivity index (χ0) is 38.6. The van der Waals surface area contributed by atoms with Crippen molar-refractivity contribution in [1.82, 2.24) is 19.1 Å². The maximum atomic E-state index is 6.64. The molecule has 13 aromatic rings. The van der Waals surface area contributed by atoms with E-state index in [1.807, 2.05) is 12.1 Å². The SMILES string of the molecule is c1ccc(-c2nc(-n3c4ccccc4c4cc5c6c7ccccc7ccc6n(-c6cc(-c7ccccc7)c7oc8ccccc8c7c6)c5cc43)nc3ccccc23)cc1. The topological polar surface area (TPSA) is 48.8 Å². The van der Waals surface area contributed by atoms with Gasteiger partial charge in [0.2, 0.25) is 5.95 Å². The van der Waals surface area contributed by atoms with E-state index in [4.69, 9.17) is 14.4 Å². The van der Waals surface area contributed by atoms with Gasteiger partial charge in [-0.05, 0) is 64.9 Å². The van der Waals surface area contributed by atoms with Crippen LogP contribution in [-0.4, -0.2) is 19.1 Å². The lowest BCUT2D eigenvalue weighted by Crippen LogP contribution is -2.03. The minimum Gasteiger partial charge on any atom is -0.455 e. The van der Waals surface area contributed by atoms with Crippen LogP contribution in [0, 0.1) is 0 Å². The van der Waals surface area contributed by atoms with E-state index in [1.54, 1.807) is 0 Å². The molecule has 4 heterocycles. The maximum absolute atomic E-state index is 6.64. The molecule has 5 heteroatoms. The predicted molar refractivity (Wildman–Crippen MR) is 244 cm³/mol. The van der Waals surface area contributed by atoms with Gasteiger partial charge in [-0.25, -0.2) is 9.97 Å². The van der Waals surface area contributed by atoms with Gasteiger partial charge in [0, 0.05) is 54.5 Å². The number of hydrogen-bond acceptors (Lipinski definition) is 3. The second-order valence-electron chi connectivity index (χ2n) is 15.3. The van der Waals surface area contributed by atoms with Crippen molar-refractivity contribution in [1.29, 1.82) is 0 Å². The number of hydrogen-bond donors (Lipinski definition) is 0. The van der Waals surface area contributed by atoms with Crippen molar-refractivity contribution in [3.8, 4) is 34.0 Å². The molecule has 13 rings (SSSR count). The van der Waals surface area contributed by atoms with Crippen LogP contribution in [0.15, 0.2) is 199 Å². The molecule has 274 valence electrons. The monoisotopic (exact) mass is 752 g/mol. The highest BCUT2D eigenvalue weighted by Crippen LogP contribution is 2.44.